The molecule has 1 heterocycles. The average Bonchev–Trinajstić information content (AvgIpc) is 2.59. The van der Waals surface area contributed by atoms with Crippen molar-refractivity contribution in [1.82, 2.24) is 9.80 Å². The lowest BCUT2D eigenvalue weighted by atomic mass is 9.96. The second-order valence-corrected chi connectivity index (χ2v) is 6.65. The highest BCUT2D eigenvalue weighted by Gasteiger charge is 2.29. The van der Waals surface area contributed by atoms with Crippen LogP contribution < -0.4 is 5.32 Å². The van der Waals surface area contributed by atoms with Crippen LogP contribution in [0.15, 0.2) is 18.2 Å². The monoisotopic (exact) mass is 371 g/mol. The summed E-state index contributed by atoms with van der Waals surface area (Å²) < 4.78 is 13.2. The number of benzene rings is 1. The van der Waals surface area contributed by atoms with Gasteiger partial charge < -0.3 is 15.1 Å². The number of anilines is 1. The molecule has 1 amide bonds. The van der Waals surface area contributed by atoms with Crippen LogP contribution in [0.5, 0.6) is 0 Å². The summed E-state index contributed by atoms with van der Waals surface area (Å²) in [6, 6.07) is 4.40. The van der Waals surface area contributed by atoms with Gasteiger partial charge in [0.15, 0.2) is 5.11 Å². The molecule has 0 radical (unpaired) electrons. The summed E-state index contributed by atoms with van der Waals surface area (Å²) in [7, 11) is 0. The largest absolute Gasteiger partial charge is 0.348 e. The average molecular weight is 372 g/mol. The minimum absolute atomic E-state index is 0.0322. The summed E-state index contributed by atoms with van der Waals surface area (Å²) in [6.07, 6.45) is 1.81. The second-order valence-electron chi connectivity index (χ2n) is 5.85. The van der Waals surface area contributed by atoms with Gasteiger partial charge >= 0.3 is 0 Å². The molecule has 1 aliphatic heterocycles. The van der Waals surface area contributed by atoms with E-state index in [1.165, 1.54) is 12.1 Å². The Bertz CT molecular complexity index is 609. The summed E-state index contributed by atoms with van der Waals surface area (Å²) in [5, 5.41) is 3.67. The zero-order valence-corrected chi connectivity index (χ0v) is 15.6. The summed E-state index contributed by atoms with van der Waals surface area (Å²) in [5.74, 6) is -0.302. The molecule has 1 unspecified atom stereocenters. The predicted octanol–water partition coefficient (Wildman–Crippen LogP) is 3.76. The van der Waals surface area contributed by atoms with Crippen molar-refractivity contribution in [1.29, 1.82) is 0 Å². The minimum Gasteiger partial charge on any atom is -0.348 e. The lowest BCUT2D eigenvalue weighted by molar-refractivity contribution is -0.136. The van der Waals surface area contributed by atoms with Crippen LogP contribution in [0.2, 0.25) is 5.02 Å². The van der Waals surface area contributed by atoms with Crippen molar-refractivity contribution >= 4 is 40.5 Å². The van der Waals surface area contributed by atoms with Crippen molar-refractivity contribution in [2.24, 2.45) is 5.92 Å². The van der Waals surface area contributed by atoms with Crippen LogP contribution in [-0.2, 0) is 4.79 Å². The van der Waals surface area contributed by atoms with Gasteiger partial charge in [0.1, 0.15) is 5.82 Å². The zero-order valence-electron chi connectivity index (χ0n) is 14.0. The fraction of sp³-hybridized carbons (Fsp3) is 0.529. The lowest BCUT2D eigenvalue weighted by Crippen LogP contribution is -2.47. The van der Waals surface area contributed by atoms with Gasteiger partial charge in [-0.1, -0.05) is 11.6 Å². The molecule has 1 atom stereocenters. The molecule has 1 aromatic carbocycles. The molecule has 2 rings (SSSR count). The molecule has 1 saturated heterocycles. The number of hydrogen-bond donors (Lipinski definition) is 1. The molecule has 1 fully saturated rings. The standard InChI is InChI=1S/C17H23ClFN3OS/c1-3-21(4-2)16(23)12-6-5-9-22(11-12)17(24)20-13-7-8-15(19)14(18)10-13/h7-8,10,12H,3-6,9,11H2,1-2H3,(H,20,24). The SMILES string of the molecule is CCN(CC)C(=O)C1CCCN(C(=S)Nc2ccc(F)c(Cl)c2)C1. The van der Waals surface area contributed by atoms with Crippen molar-refractivity contribution in [2.45, 2.75) is 26.7 Å². The molecule has 132 valence electrons. The molecule has 1 aromatic rings. The number of thiocarbonyl (C=S) groups is 1. The highest BCUT2D eigenvalue weighted by Crippen LogP contribution is 2.22. The highest BCUT2D eigenvalue weighted by molar-refractivity contribution is 7.80. The number of rotatable bonds is 4. The first-order valence-corrected chi connectivity index (χ1v) is 9.04. The fourth-order valence-electron chi connectivity index (χ4n) is 2.93. The fourth-order valence-corrected chi connectivity index (χ4v) is 3.40. The van der Waals surface area contributed by atoms with E-state index in [0.29, 0.717) is 17.3 Å². The Morgan fingerprint density at radius 2 is 2.17 bits per heavy atom. The molecular formula is C17H23ClFN3OS. The molecule has 24 heavy (non-hydrogen) atoms. The van der Waals surface area contributed by atoms with Crippen LogP contribution in [0.4, 0.5) is 10.1 Å². The van der Waals surface area contributed by atoms with E-state index in [0.717, 1.165) is 32.5 Å². The Kier molecular flexibility index (Phi) is 6.80. The molecule has 0 aliphatic carbocycles. The van der Waals surface area contributed by atoms with Crippen molar-refractivity contribution in [2.75, 3.05) is 31.5 Å². The third kappa shape index (κ3) is 4.57. The number of hydrogen-bond acceptors (Lipinski definition) is 2. The number of piperidine rings is 1. The van der Waals surface area contributed by atoms with Gasteiger partial charge in [-0.15, -0.1) is 0 Å². The zero-order chi connectivity index (χ0) is 17.7. The summed E-state index contributed by atoms with van der Waals surface area (Å²) in [5.41, 5.74) is 0.642. The number of carbonyl (C=O) groups is 1. The quantitative estimate of drug-likeness (QED) is 0.817. The summed E-state index contributed by atoms with van der Waals surface area (Å²) in [6.45, 7) is 6.85. The van der Waals surface area contributed by atoms with Gasteiger partial charge in [0, 0.05) is 31.9 Å². The van der Waals surface area contributed by atoms with E-state index in [2.05, 4.69) is 5.32 Å². The number of halogens is 2. The number of nitrogens with zero attached hydrogens (tertiary/aromatic N) is 2. The molecule has 0 aromatic heterocycles. The van der Waals surface area contributed by atoms with E-state index < -0.39 is 5.82 Å². The number of amides is 1. The van der Waals surface area contributed by atoms with Crippen LogP contribution in [0, 0.1) is 11.7 Å². The molecule has 7 heteroatoms. The number of carbonyl (C=O) groups excluding carboxylic acids is 1. The van der Waals surface area contributed by atoms with Gasteiger partial charge in [0.05, 0.1) is 10.9 Å². The number of nitrogens with one attached hydrogen (secondary N) is 1. The second kappa shape index (κ2) is 8.62. The van der Waals surface area contributed by atoms with E-state index in [1.807, 2.05) is 23.6 Å². The third-order valence-electron chi connectivity index (χ3n) is 4.30. The number of likely N-dealkylation sites (tertiary alicyclic amines) is 1. The van der Waals surface area contributed by atoms with E-state index >= 15 is 0 Å². The molecule has 0 spiro atoms. The maximum absolute atomic E-state index is 13.2. The lowest BCUT2D eigenvalue weighted by Gasteiger charge is -2.36. The normalized spacial score (nSPS) is 17.5. The molecule has 1 N–H and O–H groups in total. The van der Waals surface area contributed by atoms with Gasteiger partial charge in [-0.25, -0.2) is 4.39 Å². The summed E-state index contributed by atoms with van der Waals surface area (Å²) in [4.78, 5) is 16.4. The Balaban J connectivity index is 1.99. The Morgan fingerprint density at radius 3 is 2.79 bits per heavy atom. The van der Waals surface area contributed by atoms with Crippen LogP contribution in [0.1, 0.15) is 26.7 Å². The highest BCUT2D eigenvalue weighted by atomic mass is 35.5. The van der Waals surface area contributed by atoms with Gasteiger partial charge in [-0.2, -0.15) is 0 Å². The van der Waals surface area contributed by atoms with Crippen molar-refractivity contribution in [3.05, 3.63) is 29.0 Å². The maximum Gasteiger partial charge on any atom is 0.227 e. The van der Waals surface area contributed by atoms with Crippen molar-refractivity contribution < 1.29 is 9.18 Å². The minimum atomic E-state index is -0.462. The molecule has 4 nitrogen and oxygen atoms in total. The van der Waals surface area contributed by atoms with E-state index in [-0.39, 0.29) is 16.8 Å². The van der Waals surface area contributed by atoms with E-state index in [1.54, 1.807) is 6.07 Å². The molecular weight excluding hydrogens is 349 g/mol. The van der Waals surface area contributed by atoms with E-state index in [4.69, 9.17) is 23.8 Å². The van der Waals surface area contributed by atoms with E-state index in [9.17, 15) is 9.18 Å². The van der Waals surface area contributed by atoms with Gasteiger partial charge in [-0.05, 0) is 57.1 Å². The van der Waals surface area contributed by atoms with Gasteiger partial charge in [0.2, 0.25) is 5.91 Å². The first-order chi connectivity index (χ1) is 11.5. The van der Waals surface area contributed by atoms with Crippen LogP contribution in [0.3, 0.4) is 0 Å². The van der Waals surface area contributed by atoms with Crippen LogP contribution in [0.25, 0.3) is 0 Å². The Hall–Kier alpha value is -1.40. The molecule has 1 aliphatic rings. The first-order valence-electron chi connectivity index (χ1n) is 8.26. The maximum atomic E-state index is 13.2. The predicted molar refractivity (Wildman–Crippen MR) is 99.9 cm³/mol. The molecule has 0 bridgehead atoms. The van der Waals surface area contributed by atoms with Gasteiger partial charge in [-0.3, -0.25) is 4.79 Å². The summed E-state index contributed by atoms with van der Waals surface area (Å²) >= 11 is 11.2. The van der Waals surface area contributed by atoms with Crippen LogP contribution >= 0.6 is 23.8 Å². The van der Waals surface area contributed by atoms with Crippen molar-refractivity contribution in [3.63, 3.8) is 0 Å². The first kappa shape index (κ1) is 18.9. The smallest absolute Gasteiger partial charge is 0.227 e. The Labute approximate surface area is 152 Å². The van der Waals surface area contributed by atoms with Crippen LogP contribution in [-0.4, -0.2) is 47.0 Å². The molecule has 0 saturated carbocycles. The van der Waals surface area contributed by atoms with Gasteiger partial charge in [0.25, 0.3) is 0 Å². The van der Waals surface area contributed by atoms with Crippen molar-refractivity contribution in [3.8, 4) is 0 Å². The Morgan fingerprint density at radius 1 is 1.46 bits per heavy atom. The third-order valence-corrected chi connectivity index (χ3v) is 4.95. The topological polar surface area (TPSA) is 35.6 Å².